The van der Waals surface area contributed by atoms with Crippen LogP contribution in [0.4, 0.5) is 17.1 Å². The van der Waals surface area contributed by atoms with E-state index in [1.807, 2.05) is 0 Å². The number of ether oxygens (including phenoxy) is 1. The van der Waals surface area contributed by atoms with Gasteiger partial charge in [0.15, 0.2) is 0 Å². The van der Waals surface area contributed by atoms with Crippen LogP contribution in [0.15, 0.2) is 42.5 Å². The Morgan fingerprint density at radius 2 is 2.00 bits per heavy atom. The van der Waals surface area contributed by atoms with Gasteiger partial charge in [-0.3, -0.25) is 14.9 Å². The van der Waals surface area contributed by atoms with Gasteiger partial charge < -0.3 is 15.2 Å². The second-order valence-electron chi connectivity index (χ2n) is 4.72. The van der Waals surface area contributed by atoms with E-state index in [2.05, 4.69) is 5.32 Å². The lowest BCUT2D eigenvalue weighted by molar-refractivity contribution is -0.384. The van der Waals surface area contributed by atoms with Gasteiger partial charge in [-0.15, -0.1) is 0 Å². The predicted molar refractivity (Wildman–Crippen MR) is 85.3 cm³/mol. The quantitative estimate of drug-likeness (QED) is 0.600. The molecule has 0 aliphatic carbocycles. The van der Waals surface area contributed by atoms with Crippen LogP contribution in [0.2, 0.25) is 0 Å². The predicted octanol–water partition coefficient (Wildman–Crippen LogP) is 3.36. The van der Waals surface area contributed by atoms with E-state index in [-0.39, 0.29) is 17.8 Å². The summed E-state index contributed by atoms with van der Waals surface area (Å²) in [5, 5.41) is 23.1. The Morgan fingerprint density at radius 3 is 2.65 bits per heavy atom. The van der Waals surface area contributed by atoms with Crippen molar-refractivity contribution in [3.63, 3.8) is 0 Å². The van der Waals surface area contributed by atoms with Crippen molar-refractivity contribution >= 4 is 23.0 Å². The molecule has 0 atom stereocenters. The van der Waals surface area contributed by atoms with Crippen LogP contribution in [0.1, 0.15) is 12.5 Å². The fraction of sp³-hybridized carbons (Fsp3) is 0.188. The SMILES string of the molecule is CCOc1ccc(Nc2ccccc2CC(=O)O)c([N+](=O)[O-])c1. The Kier molecular flexibility index (Phi) is 5.14. The largest absolute Gasteiger partial charge is 0.494 e. The Hall–Kier alpha value is -3.09. The van der Waals surface area contributed by atoms with Crippen LogP contribution >= 0.6 is 0 Å². The summed E-state index contributed by atoms with van der Waals surface area (Å²) in [6, 6.07) is 11.3. The first-order valence-corrected chi connectivity index (χ1v) is 6.99. The monoisotopic (exact) mass is 316 g/mol. The summed E-state index contributed by atoms with van der Waals surface area (Å²) in [6.45, 7) is 2.20. The average molecular weight is 316 g/mol. The molecule has 0 aliphatic heterocycles. The second-order valence-corrected chi connectivity index (χ2v) is 4.72. The van der Waals surface area contributed by atoms with Gasteiger partial charge >= 0.3 is 5.97 Å². The van der Waals surface area contributed by atoms with E-state index >= 15 is 0 Å². The highest BCUT2D eigenvalue weighted by molar-refractivity contribution is 5.77. The number of carbonyl (C=O) groups is 1. The summed E-state index contributed by atoms with van der Waals surface area (Å²) in [7, 11) is 0. The molecule has 120 valence electrons. The highest BCUT2D eigenvalue weighted by Crippen LogP contribution is 2.32. The van der Waals surface area contributed by atoms with Crippen molar-refractivity contribution in [1.29, 1.82) is 0 Å². The topological polar surface area (TPSA) is 102 Å². The lowest BCUT2D eigenvalue weighted by Gasteiger charge is -2.12. The standard InChI is InChI=1S/C16H16N2O5/c1-2-23-12-7-8-14(15(10-12)18(21)22)17-13-6-4-3-5-11(13)9-16(19)20/h3-8,10,17H,2,9H2,1H3,(H,19,20). The summed E-state index contributed by atoms with van der Waals surface area (Å²) >= 11 is 0. The van der Waals surface area contributed by atoms with Gasteiger partial charge in [0, 0.05) is 5.69 Å². The van der Waals surface area contributed by atoms with Crippen LogP contribution in [-0.2, 0) is 11.2 Å². The average Bonchev–Trinajstić information content (AvgIpc) is 2.50. The molecule has 0 heterocycles. The lowest BCUT2D eigenvalue weighted by Crippen LogP contribution is -2.05. The van der Waals surface area contributed by atoms with E-state index < -0.39 is 10.9 Å². The number of carboxylic acid groups (broad SMARTS) is 1. The van der Waals surface area contributed by atoms with Crippen molar-refractivity contribution in [3.05, 3.63) is 58.1 Å². The van der Waals surface area contributed by atoms with E-state index in [4.69, 9.17) is 9.84 Å². The summed E-state index contributed by atoms with van der Waals surface area (Å²) < 4.78 is 5.27. The zero-order valence-corrected chi connectivity index (χ0v) is 12.5. The van der Waals surface area contributed by atoms with Gasteiger partial charge in [-0.05, 0) is 30.7 Å². The molecule has 2 aromatic rings. The number of nitro groups is 1. The van der Waals surface area contributed by atoms with Crippen LogP contribution in [-0.4, -0.2) is 22.6 Å². The fourth-order valence-corrected chi connectivity index (χ4v) is 2.13. The molecule has 2 rings (SSSR count). The Bertz CT molecular complexity index is 730. The molecule has 2 N–H and O–H groups in total. The number of nitrogens with zero attached hydrogens (tertiary/aromatic N) is 1. The third-order valence-electron chi connectivity index (χ3n) is 3.11. The number of aliphatic carboxylic acids is 1. The third kappa shape index (κ3) is 4.19. The van der Waals surface area contributed by atoms with Crippen LogP contribution in [0.25, 0.3) is 0 Å². The Labute approximate surface area is 132 Å². The number of rotatable bonds is 7. The number of hydrogen-bond acceptors (Lipinski definition) is 5. The van der Waals surface area contributed by atoms with Gasteiger partial charge in [-0.2, -0.15) is 0 Å². The zero-order chi connectivity index (χ0) is 16.8. The first kappa shape index (κ1) is 16.3. The van der Waals surface area contributed by atoms with Gasteiger partial charge in [0.25, 0.3) is 5.69 Å². The summed E-state index contributed by atoms with van der Waals surface area (Å²) in [6.07, 6.45) is -0.173. The highest BCUT2D eigenvalue weighted by atomic mass is 16.6. The molecule has 0 spiro atoms. The smallest absolute Gasteiger partial charge is 0.307 e. The highest BCUT2D eigenvalue weighted by Gasteiger charge is 2.17. The van der Waals surface area contributed by atoms with E-state index in [9.17, 15) is 14.9 Å². The summed E-state index contributed by atoms with van der Waals surface area (Å²) in [5.41, 5.74) is 1.20. The van der Waals surface area contributed by atoms with Crippen molar-refractivity contribution in [2.75, 3.05) is 11.9 Å². The molecule has 0 radical (unpaired) electrons. The minimum absolute atomic E-state index is 0.138. The third-order valence-corrected chi connectivity index (χ3v) is 3.11. The molecule has 0 bridgehead atoms. The van der Waals surface area contributed by atoms with E-state index in [1.54, 1.807) is 43.3 Å². The zero-order valence-electron chi connectivity index (χ0n) is 12.5. The first-order chi connectivity index (χ1) is 11.0. The van der Waals surface area contributed by atoms with Crippen molar-refractivity contribution in [2.24, 2.45) is 0 Å². The summed E-state index contributed by atoms with van der Waals surface area (Å²) in [4.78, 5) is 21.7. The van der Waals surface area contributed by atoms with Gasteiger partial charge in [0.05, 0.1) is 24.0 Å². The van der Waals surface area contributed by atoms with Crippen molar-refractivity contribution < 1.29 is 19.6 Å². The molecule has 7 nitrogen and oxygen atoms in total. The molecular formula is C16H16N2O5. The van der Waals surface area contributed by atoms with Crippen LogP contribution in [0.5, 0.6) is 5.75 Å². The van der Waals surface area contributed by atoms with E-state index in [0.717, 1.165) is 0 Å². The maximum Gasteiger partial charge on any atom is 0.307 e. The van der Waals surface area contributed by atoms with Crippen molar-refractivity contribution in [1.82, 2.24) is 0 Å². The molecule has 23 heavy (non-hydrogen) atoms. The molecule has 0 saturated heterocycles. The normalized spacial score (nSPS) is 10.1. The van der Waals surface area contributed by atoms with Gasteiger partial charge in [0.2, 0.25) is 0 Å². The molecule has 0 unspecified atom stereocenters. The minimum atomic E-state index is -0.972. The number of para-hydroxylation sites is 1. The first-order valence-electron chi connectivity index (χ1n) is 6.99. The van der Waals surface area contributed by atoms with Gasteiger partial charge in [-0.1, -0.05) is 18.2 Å². The Morgan fingerprint density at radius 1 is 1.26 bits per heavy atom. The molecule has 0 fully saturated rings. The molecule has 0 saturated carbocycles. The number of nitrogens with one attached hydrogen (secondary N) is 1. The van der Waals surface area contributed by atoms with Gasteiger partial charge in [0.1, 0.15) is 11.4 Å². The van der Waals surface area contributed by atoms with E-state index in [0.29, 0.717) is 23.6 Å². The molecule has 0 aliphatic rings. The molecule has 7 heteroatoms. The number of nitro benzene ring substituents is 1. The minimum Gasteiger partial charge on any atom is -0.494 e. The number of carboxylic acids is 1. The summed E-state index contributed by atoms with van der Waals surface area (Å²) in [5.74, 6) is -0.566. The van der Waals surface area contributed by atoms with Gasteiger partial charge in [-0.25, -0.2) is 0 Å². The molecule has 0 aromatic heterocycles. The van der Waals surface area contributed by atoms with Crippen molar-refractivity contribution in [2.45, 2.75) is 13.3 Å². The molecular weight excluding hydrogens is 300 g/mol. The fourth-order valence-electron chi connectivity index (χ4n) is 2.13. The van der Waals surface area contributed by atoms with E-state index in [1.165, 1.54) is 6.07 Å². The Balaban J connectivity index is 2.36. The second kappa shape index (κ2) is 7.26. The molecule has 0 amide bonds. The lowest BCUT2D eigenvalue weighted by atomic mass is 10.1. The number of hydrogen-bond donors (Lipinski definition) is 2. The van der Waals surface area contributed by atoms with Crippen LogP contribution in [0, 0.1) is 10.1 Å². The number of anilines is 2. The van der Waals surface area contributed by atoms with Crippen molar-refractivity contribution in [3.8, 4) is 5.75 Å². The number of benzene rings is 2. The van der Waals surface area contributed by atoms with Crippen LogP contribution < -0.4 is 10.1 Å². The maximum absolute atomic E-state index is 11.2. The maximum atomic E-state index is 11.2. The van der Waals surface area contributed by atoms with Crippen LogP contribution in [0.3, 0.4) is 0 Å². The molecule has 2 aromatic carbocycles.